The van der Waals surface area contributed by atoms with Crippen molar-refractivity contribution in [2.24, 2.45) is 0 Å². The van der Waals surface area contributed by atoms with Crippen LogP contribution in [0, 0.1) is 11.3 Å². The molecule has 1 aromatic heterocycles. The Kier molecular flexibility index (Phi) is 4.92. The van der Waals surface area contributed by atoms with Gasteiger partial charge in [-0.1, -0.05) is 11.6 Å². The fraction of sp³-hybridized carbons (Fsp3) is 0.0588. The van der Waals surface area contributed by atoms with Crippen LogP contribution in [0.2, 0.25) is 5.02 Å². The Morgan fingerprint density at radius 3 is 2.60 bits per heavy atom. The summed E-state index contributed by atoms with van der Waals surface area (Å²) in [6.07, 6.45) is 3.02. The van der Waals surface area contributed by atoms with Gasteiger partial charge in [0.15, 0.2) is 6.61 Å². The zero-order chi connectivity index (χ0) is 17.6. The Hall–Kier alpha value is -3.37. The van der Waals surface area contributed by atoms with Gasteiger partial charge in [-0.2, -0.15) is 5.26 Å². The van der Waals surface area contributed by atoms with Crippen LogP contribution in [-0.2, 0) is 4.79 Å². The molecule has 8 heteroatoms. The van der Waals surface area contributed by atoms with Crippen molar-refractivity contribution in [2.75, 3.05) is 11.9 Å². The first-order valence-corrected chi connectivity index (χ1v) is 7.61. The van der Waals surface area contributed by atoms with E-state index >= 15 is 0 Å². The smallest absolute Gasteiger partial charge is 0.262 e. The highest BCUT2D eigenvalue weighted by Crippen LogP contribution is 2.26. The summed E-state index contributed by atoms with van der Waals surface area (Å²) >= 11 is 6.02. The van der Waals surface area contributed by atoms with Gasteiger partial charge in [-0.3, -0.25) is 9.36 Å². The minimum Gasteiger partial charge on any atom is -0.482 e. The van der Waals surface area contributed by atoms with Crippen LogP contribution < -0.4 is 10.1 Å². The van der Waals surface area contributed by atoms with Crippen molar-refractivity contribution in [2.45, 2.75) is 0 Å². The molecule has 1 amide bonds. The summed E-state index contributed by atoms with van der Waals surface area (Å²) < 4.78 is 7.23. The summed E-state index contributed by atoms with van der Waals surface area (Å²) in [5.41, 5.74) is 1.74. The largest absolute Gasteiger partial charge is 0.482 e. The predicted octanol–water partition coefficient (Wildman–Crippen LogP) is 2.81. The number of hydrogen-bond acceptors (Lipinski definition) is 5. The molecule has 124 valence electrons. The third kappa shape index (κ3) is 4.13. The molecule has 1 N–H and O–H groups in total. The van der Waals surface area contributed by atoms with E-state index in [2.05, 4.69) is 15.5 Å². The van der Waals surface area contributed by atoms with Gasteiger partial charge in [0.2, 0.25) is 0 Å². The minimum absolute atomic E-state index is 0.184. The van der Waals surface area contributed by atoms with Gasteiger partial charge in [-0.05, 0) is 42.5 Å². The van der Waals surface area contributed by atoms with Gasteiger partial charge in [0.05, 0.1) is 17.3 Å². The number of hydrogen-bond donors (Lipinski definition) is 1. The van der Waals surface area contributed by atoms with Crippen LogP contribution in [-0.4, -0.2) is 27.3 Å². The Balaban J connectivity index is 1.67. The van der Waals surface area contributed by atoms with Crippen molar-refractivity contribution in [3.63, 3.8) is 0 Å². The number of nitriles is 1. The molecule has 0 aliphatic carbocycles. The van der Waals surface area contributed by atoms with E-state index in [1.165, 1.54) is 12.7 Å². The average Bonchev–Trinajstić information content (AvgIpc) is 3.16. The SMILES string of the molecule is N#Cc1ccc(NC(=O)COc2ccc(Cl)cc2-n2cnnc2)cc1. The van der Waals surface area contributed by atoms with Crippen molar-refractivity contribution in [3.05, 3.63) is 65.7 Å². The Morgan fingerprint density at radius 1 is 1.20 bits per heavy atom. The molecule has 7 nitrogen and oxygen atoms in total. The highest BCUT2D eigenvalue weighted by Gasteiger charge is 2.10. The maximum Gasteiger partial charge on any atom is 0.262 e. The summed E-state index contributed by atoms with van der Waals surface area (Å²) in [5, 5.41) is 19.5. The van der Waals surface area contributed by atoms with Crippen LogP contribution in [0.3, 0.4) is 0 Å². The maximum atomic E-state index is 12.0. The lowest BCUT2D eigenvalue weighted by Crippen LogP contribution is -2.20. The third-order valence-corrected chi connectivity index (χ3v) is 3.51. The molecule has 0 saturated carbocycles. The van der Waals surface area contributed by atoms with E-state index < -0.39 is 0 Å². The first kappa shape index (κ1) is 16.5. The normalized spacial score (nSPS) is 10.1. The second-order valence-electron chi connectivity index (χ2n) is 5.01. The van der Waals surface area contributed by atoms with Crippen molar-refractivity contribution in [1.29, 1.82) is 5.26 Å². The summed E-state index contributed by atoms with van der Waals surface area (Å²) in [7, 11) is 0. The van der Waals surface area contributed by atoms with Gasteiger partial charge in [-0.25, -0.2) is 0 Å². The summed E-state index contributed by atoms with van der Waals surface area (Å²) in [4.78, 5) is 12.0. The highest BCUT2D eigenvalue weighted by atomic mass is 35.5. The Bertz CT molecular complexity index is 917. The van der Waals surface area contributed by atoms with E-state index in [1.54, 1.807) is 47.0 Å². The van der Waals surface area contributed by atoms with Crippen molar-refractivity contribution < 1.29 is 9.53 Å². The monoisotopic (exact) mass is 353 g/mol. The standard InChI is InChI=1S/C17H12ClN5O2/c18-13-3-6-16(15(7-13)23-10-20-21-11-23)25-9-17(24)22-14-4-1-12(8-19)2-5-14/h1-7,10-11H,9H2,(H,22,24). The Labute approximate surface area is 148 Å². The van der Waals surface area contributed by atoms with E-state index in [-0.39, 0.29) is 12.5 Å². The van der Waals surface area contributed by atoms with Crippen LogP contribution in [0.4, 0.5) is 5.69 Å². The molecule has 1 heterocycles. The van der Waals surface area contributed by atoms with Crippen molar-refractivity contribution in [1.82, 2.24) is 14.8 Å². The summed E-state index contributed by atoms with van der Waals surface area (Å²) in [6.45, 7) is -0.184. The molecule has 3 rings (SSSR count). The number of ether oxygens (including phenoxy) is 1. The average molecular weight is 354 g/mol. The number of carbonyl (C=O) groups excluding carboxylic acids is 1. The second-order valence-corrected chi connectivity index (χ2v) is 5.44. The van der Waals surface area contributed by atoms with Crippen LogP contribution in [0.25, 0.3) is 5.69 Å². The van der Waals surface area contributed by atoms with Gasteiger partial charge in [0.25, 0.3) is 5.91 Å². The fourth-order valence-corrected chi connectivity index (χ4v) is 2.27. The van der Waals surface area contributed by atoms with Gasteiger partial charge < -0.3 is 10.1 Å². The molecular formula is C17H12ClN5O2. The molecule has 2 aromatic carbocycles. The molecule has 3 aromatic rings. The highest BCUT2D eigenvalue weighted by molar-refractivity contribution is 6.30. The van der Waals surface area contributed by atoms with Crippen LogP contribution >= 0.6 is 11.6 Å². The van der Waals surface area contributed by atoms with Gasteiger partial charge in [-0.15, -0.1) is 10.2 Å². The topological polar surface area (TPSA) is 92.8 Å². The van der Waals surface area contributed by atoms with Gasteiger partial charge >= 0.3 is 0 Å². The molecule has 0 radical (unpaired) electrons. The number of nitrogens with one attached hydrogen (secondary N) is 1. The van der Waals surface area contributed by atoms with Crippen LogP contribution in [0.5, 0.6) is 5.75 Å². The van der Waals surface area contributed by atoms with E-state index in [9.17, 15) is 4.79 Å². The van der Waals surface area contributed by atoms with Crippen molar-refractivity contribution in [3.8, 4) is 17.5 Å². The number of amides is 1. The quantitative estimate of drug-likeness (QED) is 0.761. The lowest BCUT2D eigenvalue weighted by Gasteiger charge is -2.12. The molecule has 0 spiro atoms. The molecule has 0 aliphatic rings. The second kappa shape index (κ2) is 7.47. The minimum atomic E-state index is -0.325. The zero-order valence-corrected chi connectivity index (χ0v) is 13.6. The number of carbonyl (C=O) groups is 1. The number of rotatable bonds is 5. The Morgan fingerprint density at radius 2 is 1.92 bits per heavy atom. The molecule has 0 atom stereocenters. The van der Waals surface area contributed by atoms with E-state index in [0.29, 0.717) is 27.7 Å². The van der Waals surface area contributed by atoms with E-state index in [1.807, 2.05) is 6.07 Å². The molecule has 25 heavy (non-hydrogen) atoms. The molecule has 0 aliphatic heterocycles. The fourth-order valence-electron chi connectivity index (χ4n) is 2.11. The maximum absolute atomic E-state index is 12.0. The molecule has 0 bridgehead atoms. The lowest BCUT2D eigenvalue weighted by atomic mass is 10.2. The number of nitrogens with zero attached hydrogens (tertiary/aromatic N) is 4. The molecule has 0 unspecified atom stereocenters. The third-order valence-electron chi connectivity index (χ3n) is 3.27. The molecule has 0 saturated heterocycles. The molecular weight excluding hydrogens is 342 g/mol. The number of aromatic nitrogens is 3. The van der Waals surface area contributed by atoms with Crippen LogP contribution in [0.15, 0.2) is 55.1 Å². The molecule has 0 fully saturated rings. The van der Waals surface area contributed by atoms with E-state index in [4.69, 9.17) is 21.6 Å². The number of halogens is 1. The van der Waals surface area contributed by atoms with Crippen molar-refractivity contribution >= 4 is 23.2 Å². The number of anilines is 1. The van der Waals surface area contributed by atoms with E-state index in [0.717, 1.165) is 0 Å². The van der Waals surface area contributed by atoms with Gasteiger partial charge in [0, 0.05) is 10.7 Å². The first-order chi connectivity index (χ1) is 12.2. The predicted molar refractivity (Wildman–Crippen MR) is 91.7 cm³/mol. The summed E-state index contributed by atoms with van der Waals surface area (Å²) in [5.74, 6) is 0.147. The van der Waals surface area contributed by atoms with Gasteiger partial charge in [0.1, 0.15) is 18.4 Å². The lowest BCUT2D eigenvalue weighted by molar-refractivity contribution is -0.118. The summed E-state index contributed by atoms with van der Waals surface area (Å²) in [6, 6.07) is 13.6. The zero-order valence-electron chi connectivity index (χ0n) is 12.9. The first-order valence-electron chi connectivity index (χ1n) is 7.23. The van der Waals surface area contributed by atoms with Crippen LogP contribution in [0.1, 0.15) is 5.56 Å². The number of benzene rings is 2.